The molecule has 4 aromatic carbocycles. The third-order valence-corrected chi connectivity index (χ3v) is 5.99. The van der Waals surface area contributed by atoms with Crippen LogP contribution in [-0.4, -0.2) is 9.97 Å². The van der Waals surface area contributed by atoms with Crippen molar-refractivity contribution in [1.82, 2.24) is 9.97 Å². The zero-order chi connectivity index (χ0) is 22.2. The van der Waals surface area contributed by atoms with E-state index in [4.69, 9.17) is 4.42 Å². The van der Waals surface area contributed by atoms with Gasteiger partial charge in [0.1, 0.15) is 11.2 Å². The molecule has 34 heavy (non-hydrogen) atoms. The second-order valence-corrected chi connectivity index (χ2v) is 7.95. The number of benzene rings is 4. The Morgan fingerprint density at radius 3 is 2.47 bits per heavy atom. The van der Waals surface area contributed by atoms with Gasteiger partial charge < -0.3 is 14.4 Å². The molecule has 0 amide bonds. The first kappa shape index (κ1) is 22.2. The number of furan rings is 1. The van der Waals surface area contributed by atoms with Gasteiger partial charge in [-0.15, -0.1) is 65.0 Å². The molecule has 3 nitrogen and oxygen atoms in total. The Hall–Kier alpha value is -3.59. The summed E-state index contributed by atoms with van der Waals surface area (Å²) in [5, 5.41) is 5.84. The number of fused-ring (bicyclic) bond motifs is 3. The minimum absolute atomic E-state index is 0. The van der Waals surface area contributed by atoms with E-state index in [0.29, 0.717) is 0 Å². The maximum absolute atomic E-state index is 5.99. The smallest absolute Gasteiger partial charge is 0.134 e. The van der Waals surface area contributed by atoms with Gasteiger partial charge in [0, 0.05) is 48.8 Å². The topological polar surface area (TPSA) is 38.9 Å². The molecule has 7 aromatic rings. The molecule has 0 saturated carbocycles. The third kappa shape index (κ3) is 3.75. The van der Waals surface area contributed by atoms with Crippen LogP contribution >= 0.6 is 0 Å². The molecule has 0 unspecified atom stereocenters. The van der Waals surface area contributed by atoms with Crippen molar-refractivity contribution in [3.8, 4) is 11.3 Å². The molecule has 0 N–H and O–H groups in total. The zero-order valence-electron chi connectivity index (χ0n) is 18.5. The summed E-state index contributed by atoms with van der Waals surface area (Å²) >= 11 is 0. The van der Waals surface area contributed by atoms with Crippen LogP contribution in [0.1, 0.15) is 12.5 Å². The molecule has 0 bridgehead atoms. The van der Waals surface area contributed by atoms with E-state index in [1.54, 1.807) is 6.20 Å². The largest absolute Gasteiger partial charge is 0.457 e. The van der Waals surface area contributed by atoms with E-state index in [1.165, 1.54) is 21.7 Å². The number of aryl methyl sites for hydroxylation is 1. The van der Waals surface area contributed by atoms with Crippen LogP contribution in [0.15, 0.2) is 95.7 Å². The molecule has 3 heterocycles. The molecule has 167 valence electrons. The average molecular weight is 617 g/mol. The molecule has 0 aliphatic heterocycles. The van der Waals surface area contributed by atoms with Crippen LogP contribution in [-0.2, 0) is 26.5 Å². The van der Waals surface area contributed by atoms with Crippen molar-refractivity contribution >= 4 is 43.6 Å². The number of rotatable bonds is 2. The predicted octanol–water partition coefficient (Wildman–Crippen LogP) is 7.63. The quantitative estimate of drug-likeness (QED) is 0.148. The van der Waals surface area contributed by atoms with Crippen molar-refractivity contribution in [3.05, 3.63) is 109 Å². The molecular formula is C30H20IrN2O-2. The average Bonchev–Trinajstić information content (AvgIpc) is 3.29. The normalized spacial score (nSPS) is 11.0. The van der Waals surface area contributed by atoms with Gasteiger partial charge in [0.05, 0.1) is 0 Å². The van der Waals surface area contributed by atoms with Gasteiger partial charge in [-0.05, 0) is 29.3 Å². The zero-order valence-corrected chi connectivity index (χ0v) is 20.9. The number of hydrogen-bond acceptors (Lipinski definition) is 3. The summed E-state index contributed by atoms with van der Waals surface area (Å²) in [6.45, 7) is 2.17. The minimum Gasteiger partial charge on any atom is -0.457 e. The van der Waals surface area contributed by atoms with Gasteiger partial charge in [-0.3, -0.25) is 0 Å². The fourth-order valence-corrected chi connectivity index (χ4v) is 4.41. The molecule has 0 aliphatic carbocycles. The van der Waals surface area contributed by atoms with Gasteiger partial charge in [0.2, 0.25) is 0 Å². The second-order valence-electron chi connectivity index (χ2n) is 7.95. The number of pyridine rings is 2. The number of aromatic nitrogens is 2. The minimum atomic E-state index is 0. The number of nitrogens with zero attached hydrogens (tertiary/aromatic N) is 2. The van der Waals surface area contributed by atoms with Crippen LogP contribution in [0.4, 0.5) is 0 Å². The molecule has 0 aliphatic rings. The van der Waals surface area contributed by atoms with Crippen molar-refractivity contribution in [2.45, 2.75) is 13.3 Å². The fraction of sp³-hybridized carbons (Fsp3) is 0.0667. The molecule has 1 radical (unpaired) electrons. The maximum atomic E-state index is 5.99. The van der Waals surface area contributed by atoms with Gasteiger partial charge in [-0.1, -0.05) is 43.0 Å². The van der Waals surface area contributed by atoms with Crippen molar-refractivity contribution in [1.29, 1.82) is 0 Å². The summed E-state index contributed by atoms with van der Waals surface area (Å²) in [5.74, 6) is 0. The first-order chi connectivity index (χ1) is 16.3. The van der Waals surface area contributed by atoms with E-state index in [9.17, 15) is 0 Å². The Morgan fingerprint density at radius 2 is 1.68 bits per heavy atom. The second kappa shape index (κ2) is 9.34. The fourth-order valence-electron chi connectivity index (χ4n) is 4.41. The van der Waals surface area contributed by atoms with Crippen LogP contribution in [0, 0.1) is 12.1 Å². The van der Waals surface area contributed by atoms with Gasteiger partial charge in [-0.25, -0.2) is 0 Å². The molecule has 4 heteroatoms. The Morgan fingerprint density at radius 1 is 0.794 bits per heavy atom. The summed E-state index contributed by atoms with van der Waals surface area (Å²) in [4.78, 5) is 8.82. The summed E-state index contributed by atoms with van der Waals surface area (Å²) < 4.78 is 5.99. The van der Waals surface area contributed by atoms with E-state index in [1.807, 2.05) is 60.8 Å². The SMILES string of the molecule is CCc1c[c-]c2c(c1)c1cccc3oc4ccnc2c4c31.[Ir].[c-]1ccccc1-c1ccccn1. The van der Waals surface area contributed by atoms with Gasteiger partial charge in [0.25, 0.3) is 0 Å². The first-order valence-corrected chi connectivity index (χ1v) is 11.1. The molecule has 0 saturated heterocycles. The Balaban J connectivity index is 0.000000159. The van der Waals surface area contributed by atoms with Crippen molar-refractivity contribution < 1.29 is 24.5 Å². The van der Waals surface area contributed by atoms with E-state index >= 15 is 0 Å². The molecule has 0 spiro atoms. The van der Waals surface area contributed by atoms with Crippen LogP contribution in [0.5, 0.6) is 0 Å². The first-order valence-electron chi connectivity index (χ1n) is 11.1. The maximum Gasteiger partial charge on any atom is 0.134 e. The summed E-state index contributed by atoms with van der Waals surface area (Å²) in [7, 11) is 0. The van der Waals surface area contributed by atoms with E-state index in [-0.39, 0.29) is 20.1 Å². The Kier molecular flexibility index (Phi) is 6.10. The molecule has 7 rings (SSSR count). The van der Waals surface area contributed by atoms with Crippen LogP contribution < -0.4 is 0 Å². The standard InChI is InChI=1S/C19H12NO.C11H8N.Ir/c1-2-11-6-7-13-14(10-11)12-4-3-5-15-17(12)18-16(21-15)8-9-20-19(13)18;1-2-6-10(7-3-1)11-8-4-5-9-12-11;/h3-6,8-10H,2H2,1H3;1-6,8-9H;/q2*-1;. The van der Waals surface area contributed by atoms with Crippen LogP contribution in [0.3, 0.4) is 0 Å². The van der Waals surface area contributed by atoms with Crippen molar-refractivity contribution in [2.75, 3.05) is 0 Å². The summed E-state index contributed by atoms with van der Waals surface area (Å²) in [6.07, 6.45) is 4.61. The van der Waals surface area contributed by atoms with Crippen LogP contribution in [0.25, 0.3) is 54.9 Å². The third-order valence-electron chi connectivity index (χ3n) is 5.99. The van der Waals surface area contributed by atoms with E-state index in [0.717, 1.165) is 45.1 Å². The summed E-state index contributed by atoms with van der Waals surface area (Å²) in [5.41, 5.74) is 6.13. The van der Waals surface area contributed by atoms with Gasteiger partial charge in [0.15, 0.2) is 0 Å². The molecule has 0 atom stereocenters. The Bertz CT molecular complexity index is 1650. The Labute approximate surface area is 211 Å². The van der Waals surface area contributed by atoms with Crippen molar-refractivity contribution in [2.24, 2.45) is 0 Å². The predicted molar refractivity (Wildman–Crippen MR) is 134 cm³/mol. The monoisotopic (exact) mass is 617 g/mol. The van der Waals surface area contributed by atoms with Crippen LogP contribution in [0.2, 0.25) is 0 Å². The molecular weight excluding hydrogens is 597 g/mol. The van der Waals surface area contributed by atoms with Crippen molar-refractivity contribution in [3.63, 3.8) is 0 Å². The van der Waals surface area contributed by atoms with Gasteiger partial charge in [-0.2, -0.15) is 0 Å². The molecule has 0 fully saturated rings. The van der Waals surface area contributed by atoms with E-state index in [2.05, 4.69) is 53.3 Å². The van der Waals surface area contributed by atoms with Gasteiger partial charge >= 0.3 is 0 Å². The summed E-state index contributed by atoms with van der Waals surface area (Å²) in [6, 6.07) is 32.8. The van der Waals surface area contributed by atoms with E-state index < -0.39 is 0 Å². The molecule has 3 aromatic heterocycles. The number of hydrogen-bond donors (Lipinski definition) is 0.